The zero-order valence-electron chi connectivity index (χ0n) is 16.6. The van der Waals surface area contributed by atoms with Crippen LogP contribution in [0.5, 0.6) is 0 Å². The van der Waals surface area contributed by atoms with Crippen molar-refractivity contribution in [3.63, 3.8) is 0 Å². The quantitative estimate of drug-likeness (QED) is 0.266. The molecule has 0 aliphatic carbocycles. The first kappa shape index (κ1) is 21.3. The maximum Gasteiger partial charge on any atom is -0.0162 e. The molecule has 138 valence electrons. The zero-order chi connectivity index (χ0) is 17.3. The van der Waals surface area contributed by atoms with Gasteiger partial charge in [0.1, 0.15) is 0 Å². The highest BCUT2D eigenvalue weighted by Crippen LogP contribution is 2.28. The van der Waals surface area contributed by atoms with Gasteiger partial charge in [-0.1, -0.05) is 128 Å². The summed E-state index contributed by atoms with van der Waals surface area (Å²) in [5, 5.41) is 0. The molecule has 0 fully saturated rings. The van der Waals surface area contributed by atoms with E-state index in [-0.39, 0.29) is 0 Å². The van der Waals surface area contributed by atoms with Gasteiger partial charge in [-0.05, 0) is 24.3 Å². The zero-order valence-corrected chi connectivity index (χ0v) is 16.6. The van der Waals surface area contributed by atoms with Crippen molar-refractivity contribution in [1.29, 1.82) is 0 Å². The molecule has 0 aliphatic rings. The molecule has 0 radical (unpaired) electrons. The molecule has 0 aromatic heterocycles. The maximum absolute atomic E-state index is 2.35. The molecule has 24 heavy (non-hydrogen) atoms. The van der Waals surface area contributed by atoms with E-state index in [0.717, 1.165) is 5.92 Å². The topological polar surface area (TPSA) is 0 Å². The van der Waals surface area contributed by atoms with Gasteiger partial charge in [-0.15, -0.1) is 0 Å². The predicted molar refractivity (Wildman–Crippen MR) is 110 cm³/mol. The molecule has 0 saturated carbocycles. The summed E-state index contributed by atoms with van der Waals surface area (Å²) < 4.78 is 0. The molecule has 0 heterocycles. The van der Waals surface area contributed by atoms with E-state index in [1.54, 1.807) is 5.56 Å². The predicted octanol–water partition coefficient (Wildman–Crippen LogP) is 8.66. The third-order valence-corrected chi connectivity index (χ3v) is 5.33. The van der Waals surface area contributed by atoms with Gasteiger partial charge in [-0.3, -0.25) is 0 Å². The van der Waals surface area contributed by atoms with Crippen molar-refractivity contribution in [2.75, 3.05) is 0 Å². The fourth-order valence-electron chi connectivity index (χ4n) is 3.72. The van der Waals surface area contributed by atoms with E-state index in [0.29, 0.717) is 0 Å². The highest BCUT2D eigenvalue weighted by Gasteiger charge is 2.10. The van der Waals surface area contributed by atoms with E-state index in [2.05, 4.69) is 44.2 Å². The fourth-order valence-corrected chi connectivity index (χ4v) is 3.72. The molecule has 0 heteroatoms. The molecule has 1 unspecified atom stereocenters. The molecule has 0 aliphatic heterocycles. The molecule has 1 aromatic rings. The molecule has 0 N–H and O–H groups in total. The third kappa shape index (κ3) is 10.9. The van der Waals surface area contributed by atoms with Crippen LogP contribution < -0.4 is 0 Å². The summed E-state index contributed by atoms with van der Waals surface area (Å²) in [6.45, 7) is 4.60. The molecule has 1 atom stereocenters. The molecule has 1 rings (SSSR count). The van der Waals surface area contributed by atoms with Crippen molar-refractivity contribution in [3.8, 4) is 0 Å². The average molecular weight is 331 g/mol. The highest BCUT2D eigenvalue weighted by atomic mass is 14.2. The van der Waals surface area contributed by atoms with Crippen molar-refractivity contribution < 1.29 is 0 Å². The van der Waals surface area contributed by atoms with Crippen molar-refractivity contribution in [1.82, 2.24) is 0 Å². The summed E-state index contributed by atoms with van der Waals surface area (Å²) in [5.41, 5.74) is 1.58. The normalized spacial score (nSPS) is 12.4. The highest BCUT2D eigenvalue weighted by molar-refractivity contribution is 5.19. The van der Waals surface area contributed by atoms with Crippen molar-refractivity contribution in [3.05, 3.63) is 35.9 Å². The van der Waals surface area contributed by atoms with Gasteiger partial charge in [0, 0.05) is 0 Å². The van der Waals surface area contributed by atoms with Crippen LogP contribution in [0.15, 0.2) is 30.3 Å². The van der Waals surface area contributed by atoms with Crippen molar-refractivity contribution in [2.24, 2.45) is 0 Å². The largest absolute Gasteiger partial charge is 0.0654 e. The Morgan fingerprint density at radius 2 is 0.958 bits per heavy atom. The smallest absolute Gasteiger partial charge is 0.0162 e. The lowest BCUT2D eigenvalue weighted by molar-refractivity contribution is 0.485. The minimum absolute atomic E-state index is 0.799. The monoisotopic (exact) mass is 330 g/mol. The molecule has 0 bridgehead atoms. The van der Waals surface area contributed by atoms with Crippen molar-refractivity contribution >= 4 is 0 Å². The lowest BCUT2D eigenvalue weighted by Gasteiger charge is -2.17. The first-order valence-corrected chi connectivity index (χ1v) is 10.9. The van der Waals surface area contributed by atoms with Crippen LogP contribution >= 0.6 is 0 Å². The summed E-state index contributed by atoms with van der Waals surface area (Å²) in [6.07, 6.45) is 21.2. The number of benzene rings is 1. The lowest BCUT2D eigenvalue weighted by Crippen LogP contribution is -1.99. The van der Waals surface area contributed by atoms with Gasteiger partial charge in [0.25, 0.3) is 0 Å². The average Bonchev–Trinajstić information content (AvgIpc) is 2.62. The van der Waals surface area contributed by atoms with Crippen LogP contribution in [0.1, 0.15) is 122 Å². The summed E-state index contributed by atoms with van der Waals surface area (Å²) in [7, 11) is 0. The molecule has 0 spiro atoms. The fraction of sp³-hybridized carbons (Fsp3) is 0.750. The SMILES string of the molecule is CCCCCCCCCC(CCCCCCCC)c1ccccc1. The van der Waals surface area contributed by atoms with Gasteiger partial charge in [-0.25, -0.2) is 0 Å². The Labute approximate surface area is 152 Å². The summed E-state index contributed by atoms with van der Waals surface area (Å²) in [6, 6.07) is 11.3. The molecule has 0 saturated heterocycles. The molecular formula is C24H42. The minimum Gasteiger partial charge on any atom is -0.0654 e. The second-order valence-electron chi connectivity index (χ2n) is 7.57. The molecular weight excluding hydrogens is 288 g/mol. The summed E-state index contributed by atoms with van der Waals surface area (Å²) in [5.74, 6) is 0.799. The first-order chi connectivity index (χ1) is 11.9. The Morgan fingerprint density at radius 3 is 1.42 bits per heavy atom. The van der Waals surface area contributed by atoms with Crippen LogP contribution in [0.25, 0.3) is 0 Å². The van der Waals surface area contributed by atoms with Gasteiger partial charge >= 0.3 is 0 Å². The first-order valence-electron chi connectivity index (χ1n) is 10.9. The van der Waals surface area contributed by atoms with Crippen LogP contribution in [0, 0.1) is 0 Å². The molecule has 0 amide bonds. The van der Waals surface area contributed by atoms with E-state index in [1.165, 1.54) is 96.3 Å². The number of rotatable bonds is 16. The summed E-state index contributed by atoms with van der Waals surface area (Å²) in [4.78, 5) is 0. The molecule has 1 aromatic carbocycles. The van der Waals surface area contributed by atoms with Gasteiger partial charge in [0.05, 0.1) is 0 Å². The third-order valence-electron chi connectivity index (χ3n) is 5.33. The van der Waals surface area contributed by atoms with Crippen LogP contribution in [0.2, 0.25) is 0 Å². The van der Waals surface area contributed by atoms with E-state index in [9.17, 15) is 0 Å². The van der Waals surface area contributed by atoms with Gasteiger partial charge < -0.3 is 0 Å². The number of unbranched alkanes of at least 4 members (excludes halogenated alkanes) is 11. The van der Waals surface area contributed by atoms with Crippen LogP contribution in [0.4, 0.5) is 0 Å². The van der Waals surface area contributed by atoms with E-state index in [1.807, 2.05) is 0 Å². The Balaban J connectivity index is 2.23. The molecule has 0 nitrogen and oxygen atoms in total. The Bertz CT molecular complexity index is 354. The second-order valence-corrected chi connectivity index (χ2v) is 7.57. The van der Waals surface area contributed by atoms with Crippen LogP contribution in [-0.4, -0.2) is 0 Å². The Morgan fingerprint density at radius 1 is 0.542 bits per heavy atom. The maximum atomic E-state index is 2.35. The van der Waals surface area contributed by atoms with E-state index >= 15 is 0 Å². The Kier molecular flexibility index (Phi) is 13.9. The van der Waals surface area contributed by atoms with E-state index in [4.69, 9.17) is 0 Å². The standard InChI is InChI=1S/C24H42/c1-3-5-7-9-11-13-16-20-23(24-21-17-14-18-22-24)19-15-12-10-8-6-4-2/h14,17-18,21-23H,3-13,15-16,19-20H2,1-2H3. The minimum atomic E-state index is 0.799. The lowest BCUT2D eigenvalue weighted by atomic mass is 9.88. The van der Waals surface area contributed by atoms with Gasteiger partial charge in [0.15, 0.2) is 0 Å². The van der Waals surface area contributed by atoms with Crippen LogP contribution in [0.3, 0.4) is 0 Å². The van der Waals surface area contributed by atoms with Gasteiger partial charge in [0.2, 0.25) is 0 Å². The van der Waals surface area contributed by atoms with E-state index < -0.39 is 0 Å². The summed E-state index contributed by atoms with van der Waals surface area (Å²) >= 11 is 0. The van der Waals surface area contributed by atoms with Gasteiger partial charge in [-0.2, -0.15) is 0 Å². The van der Waals surface area contributed by atoms with Crippen LogP contribution in [-0.2, 0) is 0 Å². The Hall–Kier alpha value is -0.780. The number of hydrogen-bond donors (Lipinski definition) is 0. The second kappa shape index (κ2) is 15.7. The van der Waals surface area contributed by atoms with Crippen molar-refractivity contribution in [2.45, 2.75) is 116 Å². The number of hydrogen-bond acceptors (Lipinski definition) is 0.